The Kier molecular flexibility index (Phi) is 6.14. The first-order chi connectivity index (χ1) is 9.61. The molecule has 0 aliphatic carbocycles. The second kappa shape index (κ2) is 7.64. The molecule has 1 atom stereocenters. The minimum Gasteiger partial charge on any atom is -0.322 e. The SMILES string of the molecule is CCCn1ncc(Br)c1C(N)CSc1ccc(Br)cc1. The molecule has 108 valence electrons. The zero-order valence-electron chi connectivity index (χ0n) is 11.2. The van der Waals surface area contributed by atoms with E-state index in [2.05, 4.69) is 56.0 Å². The highest BCUT2D eigenvalue weighted by atomic mass is 79.9. The molecule has 0 amide bonds. The van der Waals surface area contributed by atoms with E-state index in [9.17, 15) is 0 Å². The highest BCUT2D eigenvalue weighted by molar-refractivity contribution is 9.10. The average molecular weight is 419 g/mol. The summed E-state index contributed by atoms with van der Waals surface area (Å²) in [6.45, 7) is 3.04. The zero-order valence-corrected chi connectivity index (χ0v) is 15.2. The molecule has 20 heavy (non-hydrogen) atoms. The van der Waals surface area contributed by atoms with Gasteiger partial charge >= 0.3 is 0 Å². The highest BCUT2D eigenvalue weighted by Crippen LogP contribution is 2.28. The first-order valence-electron chi connectivity index (χ1n) is 6.47. The van der Waals surface area contributed by atoms with Gasteiger partial charge in [0.15, 0.2) is 0 Å². The maximum Gasteiger partial charge on any atom is 0.0702 e. The molecule has 1 aromatic heterocycles. The van der Waals surface area contributed by atoms with Gasteiger partial charge in [-0.3, -0.25) is 4.68 Å². The van der Waals surface area contributed by atoms with Crippen LogP contribution in [0.3, 0.4) is 0 Å². The van der Waals surface area contributed by atoms with Crippen LogP contribution in [0.2, 0.25) is 0 Å². The minimum absolute atomic E-state index is 0.0351. The van der Waals surface area contributed by atoms with Crippen LogP contribution < -0.4 is 5.73 Å². The predicted molar refractivity (Wildman–Crippen MR) is 92.0 cm³/mol. The van der Waals surface area contributed by atoms with Gasteiger partial charge in [0.05, 0.1) is 22.4 Å². The third-order valence-corrected chi connectivity index (χ3v) is 5.13. The van der Waals surface area contributed by atoms with Crippen LogP contribution in [0.15, 0.2) is 44.3 Å². The first-order valence-corrected chi connectivity index (χ1v) is 9.04. The molecule has 0 aliphatic heterocycles. The molecule has 0 radical (unpaired) electrons. The third kappa shape index (κ3) is 4.10. The molecule has 6 heteroatoms. The summed E-state index contributed by atoms with van der Waals surface area (Å²) >= 11 is 8.75. The Labute approximate surface area is 140 Å². The maximum absolute atomic E-state index is 6.33. The van der Waals surface area contributed by atoms with Crippen molar-refractivity contribution in [3.05, 3.63) is 45.1 Å². The lowest BCUT2D eigenvalue weighted by Crippen LogP contribution is -2.19. The van der Waals surface area contributed by atoms with Gasteiger partial charge in [-0.2, -0.15) is 5.10 Å². The van der Waals surface area contributed by atoms with Crippen LogP contribution in [0, 0.1) is 0 Å². The van der Waals surface area contributed by atoms with Gasteiger partial charge in [0.25, 0.3) is 0 Å². The monoisotopic (exact) mass is 417 g/mol. The molecule has 2 N–H and O–H groups in total. The van der Waals surface area contributed by atoms with Crippen molar-refractivity contribution in [3.8, 4) is 0 Å². The van der Waals surface area contributed by atoms with Gasteiger partial charge in [-0.05, 0) is 46.6 Å². The second-order valence-electron chi connectivity index (χ2n) is 4.47. The normalized spacial score (nSPS) is 12.6. The molecule has 0 saturated heterocycles. The molecular weight excluding hydrogens is 402 g/mol. The van der Waals surface area contributed by atoms with Gasteiger partial charge in [0.1, 0.15) is 0 Å². The molecule has 0 fully saturated rings. The van der Waals surface area contributed by atoms with Crippen molar-refractivity contribution < 1.29 is 0 Å². The number of hydrogen-bond donors (Lipinski definition) is 1. The van der Waals surface area contributed by atoms with Crippen LogP contribution in [0.4, 0.5) is 0 Å². The predicted octanol–water partition coefficient (Wildman–Crippen LogP) is 4.61. The highest BCUT2D eigenvalue weighted by Gasteiger charge is 2.16. The molecule has 1 heterocycles. The van der Waals surface area contributed by atoms with E-state index in [1.807, 2.05) is 23.0 Å². The Balaban J connectivity index is 2.02. The molecule has 3 nitrogen and oxygen atoms in total. The van der Waals surface area contributed by atoms with E-state index in [0.717, 1.165) is 33.4 Å². The molecule has 0 saturated carbocycles. The summed E-state index contributed by atoms with van der Waals surface area (Å²) in [5.74, 6) is 0.829. The van der Waals surface area contributed by atoms with Gasteiger partial charge < -0.3 is 5.73 Å². The smallest absolute Gasteiger partial charge is 0.0702 e. The molecule has 0 spiro atoms. The molecule has 2 rings (SSSR count). The lowest BCUT2D eigenvalue weighted by Gasteiger charge is -2.14. The van der Waals surface area contributed by atoms with Crippen molar-refractivity contribution in [2.45, 2.75) is 30.8 Å². The molecule has 1 aromatic carbocycles. The molecule has 2 aromatic rings. The number of rotatable bonds is 6. The van der Waals surface area contributed by atoms with Crippen LogP contribution in [0.1, 0.15) is 25.1 Å². The lowest BCUT2D eigenvalue weighted by molar-refractivity contribution is 0.553. The fourth-order valence-corrected chi connectivity index (χ4v) is 3.64. The van der Waals surface area contributed by atoms with Crippen molar-refractivity contribution in [3.63, 3.8) is 0 Å². The number of halogens is 2. The Morgan fingerprint density at radius 3 is 2.65 bits per heavy atom. The molecule has 0 aliphatic rings. The topological polar surface area (TPSA) is 43.8 Å². The van der Waals surface area contributed by atoms with Crippen molar-refractivity contribution in [2.75, 3.05) is 5.75 Å². The molecule has 1 unspecified atom stereocenters. The van der Waals surface area contributed by atoms with E-state index in [1.165, 1.54) is 4.90 Å². The third-order valence-electron chi connectivity index (χ3n) is 2.86. The van der Waals surface area contributed by atoms with E-state index < -0.39 is 0 Å². The second-order valence-corrected chi connectivity index (χ2v) is 7.34. The number of benzene rings is 1. The van der Waals surface area contributed by atoms with Gasteiger partial charge in [-0.15, -0.1) is 11.8 Å². The number of nitrogens with two attached hydrogens (primary N) is 1. The van der Waals surface area contributed by atoms with Crippen molar-refractivity contribution in [2.24, 2.45) is 5.73 Å². The summed E-state index contributed by atoms with van der Waals surface area (Å²) in [6, 6.07) is 8.25. The summed E-state index contributed by atoms with van der Waals surface area (Å²) in [5.41, 5.74) is 7.41. The first kappa shape index (κ1) is 16.1. The quantitative estimate of drug-likeness (QED) is 0.696. The summed E-state index contributed by atoms with van der Waals surface area (Å²) in [7, 11) is 0. The van der Waals surface area contributed by atoms with Crippen molar-refractivity contribution in [1.82, 2.24) is 9.78 Å². The Hall–Kier alpha value is -0.300. The van der Waals surface area contributed by atoms with Gasteiger partial charge in [0.2, 0.25) is 0 Å². The van der Waals surface area contributed by atoms with E-state index in [1.54, 1.807) is 11.8 Å². The minimum atomic E-state index is -0.0351. The van der Waals surface area contributed by atoms with E-state index in [-0.39, 0.29) is 6.04 Å². The fourth-order valence-electron chi connectivity index (χ4n) is 1.93. The van der Waals surface area contributed by atoms with Crippen molar-refractivity contribution in [1.29, 1.82) is 0 Å². The van der Waals surface area contributed by atoms with Crippen molar-refractivity contribution >= 4 is 43.6 Å². The Morgan fingerprint density at radius 1 is 1.30 bits per heavy atom. The van der Waals surface area contributed by atoms with Gasteiger partial charge in [-0.25, -0.2) is 0 Å². The van der Waals surface area contributed by atoms with Gasteiger partial charge in [0, 0.05) is 21.7 Å². The van der Waals surface area contributed by atoms with E-state index >= 15 is 0 Å². The van der Waals surface area contributed by atoms with Crippen LogP contribution in [0.5, 0.6) is 0 Å². The number of aryl methyl sites for hydroxylation is 1. The van der Waals surface area contributed by atoms with Crippen LogP contribution >= 0.6 is 43.6 Å². The number of aromatic nitrogens is 2. The number of nitrogens with zero attached hydrogens (tertiary/aromatic N) is 2. The van der Waals surface area contributed by atoms with Gasteiger partial charge in [-0.1, -0.05) is 22.9 Å². The van der Waals surface area contributed by atoms with E-state index in [0.29, 0.717) is 0 Å². The molecular formula is C14H17Br2N3S. The largest absolute Gasteiger partial charge is 0.322 e. The maximum atomic E-state index is 6.33. The summed E-state index contributed by atoms with van der Waals surface area (Å²) in [4.78, 5) is 1.22. The fraction of sp³-hybridized carbons (Fsp3) is 0.357. The van der Waals surface area contributed by atoms with Crippen LogP contribution in [-0.4, -0.2) is 15.5 Å². The Bertz CT molecular complexity index is 554. The summed E-state index contributed by atoms with van der Waals surface area (Å²) < 4.78 is 4.08. The lowest BCUT2D eigenvalue weighted by atomic mass is 10.2. The van der Waals surface area contributed by atoms with Crippen LogP contribution in [-0.2, 0) is 6.54 Å². The summed E-state index contributed by atoms with van der Waals surface area (Å²) in [6.07, 6.45) is 2.88. The average Bonchev–Trinajstić information content (AvgIpc) is 2.79. The van der Waals surface area contributed by atoms with E-state index in [4.69, 9.17) is 5.73 Å². The summed E-state index contributed by atoms with van der Waals surface area (Å²) in [5, 5.41) is 4.37. The van der Waals surface area contributed by atoms with Crippen LogP contribution in [0.25, 0.3) is 0 Å². The standard InChI is InChI=1S/C14H17Br2N3S/c1-2-7-19-14(12(16)8-18-19)13(17)9-20-11-5-3-10(15)4-6-11/h3-6,8,13H,2,7,9,17H2,1H3. The number of hydrogen-bond acceptors (Lipinski definition) is 3. The zero-order chi connectivity index (χ0) is 14.5. The Morgan fingerprint density at radius 2 is 2.00 bits per heavy atom. The molecule has 0 bridgehead atoms. The number of thioether (sulfide) groups is 1.